The molecule has 1 fully saturated rings. The van der Waals surface area contributed by atoms with Crippen molar-refractivity contribution < 1.29 is 5.11 Å². The molecule has 0 aromatic heterocycles. The summed E-state index contributed by atoms with van der Waals surface area (Å²) in [4.78, 5) is 0. The van der Waals surface area contributed by atoms with Crippen LogP contribution >= 0.6 is 11.6 Å². The number of halogens is 1. The highest BCUT2D eigenvalue weighted by Crippen LogP contribution is 2.49. The normalized spacial score (nSPS) is 46.9. The van der Waals surface area contributed by atoms with E-state index in [9.17, 15) is 5.11 Å². The van der Waals surface area contributed by atoms with Gasteiger partial charge in [-0.3, -0.25) is 0 Å². The van der Waals surface area contributed by atoms with Crippen LogP contribution in [0.5, 0.6) is 0 Å². The van der Waals surface area contributed by atoms with Crippen molar-refractivity contribution >= 4 is 11.6 Å². The number of fused-ring (bicyclic) bond motifs is 2. The van der Waals surface area contributed by atoms with Gasteiger partial charge < -0.3 is 5.11 Å². The highest BCUT2D eigenvalue weighted by molar-refractivity contribution is 6.18. The Morgan fingerprint density at radius 1 is 1.50 bits per heavy atom. The summed E-state index contributed by atoms with van der Waals surface area (Å²) in [6.45, 7) is 1.89. The van der Waals surface area contributed by atoms with E-state index in [4.69, 9.17) is 11.6 Å². The summed E-state index contributed by atoms with van der Waals surface area (Å²) >= 11 is 5.90. The Morgan fingerprint density at radius 3 is 2.67 bits per heavy atom. The first-order chi connectivity index (χ1) is 5.74. The summed E-state index contributed by atoms with van der Waals surface area (Å²) < 4.78 is 0. The molecule has 0 aliphatic heterocycles. The van der Waals surface area contributed by atoms with Crippen LogP contribution in [0.3, 0.4) is 0 Å². The van der Waals surface area contributed by atoms with Gasteiger partial charge >= 0.3 is 0 Å². The number of aliphatic hydroxyl groups excluding tert-OH is 1. The second kappa shape index (κ2) is 3.04. The maximum Gasteiger partial charge on any atom is 0.0549 e. The standard InChI is InChI=1S/C10H15ClO/c1-6(12)10-8-3-2-7(4-8)9(10)5-11/h2-3,6-10,12H,4-5H2,1H3. The first-order valence-electron chi connectivity index (χ1n) is 4.66. The van der Waals surface area contributed by atoms with E-state index >= 15 is 0 Å². The Kier molecular flexibility index (Phi) is 2.18. The van der Waals surface area contributed by atoms with Crippen molar-refractivity contribution in [3.05, 3.63) is 12.2 Å². The summed E-state index contributed by atoms with van der Waals surface area (Å²) in [6, 6.07) is 0. The van der Waals surface area contributed by atoms with Crippen LogP contribution in [0.2, 0.25) is 0 Å². The van der Waals surface area contributed by atoms with Crippen LogP contribution in [0, 0.1) is 23.7 Å². The molecule has 68 valence electrons. The van der Waals surface area contributed by atoms with Crippen LogP contribution in [0.25, 0.3) is 0 Å². The average Bonchev–Trinajstić information content (AvgIpc) is 2.60. The molecule has 0 saturated heterocycles. The molecule has 0 aromatic carbocycles. The Balaban J connectivity index is 2.17. The van der Waals surface area contributed by atoms with Gasteiger partial charge in [0.1, 0.15) is 0 Å². The molecule has 0 amide bonds. The molecule has 0 aromatic rings. The first kappa shape index (κ1) is 8.58. The van der Waals surface area contributed by atoms with Crippen molar-refractivity contribution in [2.24, 2.45) is 23.7 Å². The quantitative estimate of drug-likeness (QED) is 0.517. The zero-order chi connectivity index (χ0) is 8.72. The number of alkyl halides is 1. The van der Waals surface area contributed by atoms with Gasteiger partial charge in [0.05, 0.1) is 6.10 Å². The first-order valence-corrected chi connectivity index (χ1v) is 5.20. The molecule has 5 atom stereocenters. The van der Waals surface area contributed by atoms with Gasteiger partial charge in [-0.05, 0) is 37.0 Å². The Morgan fingerprint density at radius 2 is 2.17 bits per heavy atom. The van der Waals surface area contributed by atoms with Gasteiger partial charge in [0.25, 0.3) is 0 Å². The van der Waals surface area contributed by atoms with Gasteiger partial charge in [-0.1, -0.05) is 12.2 Å². The van der Waals surface area contributed by atoms with Crippen molar-refractivity contribution in [2.45, 2.75) is 19.4 Å². The highest BCUT2D eigenvalue weighted by Gasteiger charge is 2.45. The molecule has 1 saturated carbocycles. The molecular formula is C10H15ClO. The third kappa shape index (κ3) is 1.11. The Labute approximate surface area is 78.4 Å². The minimum Gasteiger partial charge on any atom is -0.393 e. The van der Waals surface area contributed by atoms with E-state index in [-0.39, 0.29) is 6.10 Å². The van der Waals surface area contributed by atoms with Crippen LogP contribution in [-0.4, -0.2) is 17.1 Å². The molecule has 12 heavy (non-hydrogen) atoms. The second-order valence-corrected chi connectivity index (χ2v) is 4.39. The molecule has 2 heteroatoms. The summed E-state index contributed by atoms with van der Waals surface area (Å²) in [5, 5.41) is 9.58. The summed E-state index contributed by atoms with van der Waals surface area (Å²) in [5.74, 6) is 2.87. The smallest absolute Gasteiger partial charge is 0.0549 e. The maximum absolute atomic E-state index is 9.58. The zero-order valence-corrected chi connectivity index (χ0v) is 8.04. The minimum atomic E-state index is -0.200. The van der Waals surface area contributed by atoms with E-state index in [1.807, 2.05) is 6.92 Å². The topological polar surface area (TPSA) is 20.2 Å². The molecule has 0 spiro atoms. The highest BCUT2D eigenvalue weighted by atomic mass is 35.5. The molecule has 2 rings (SSSR count). The lowest BCUT2D eigenvalue weighted by molar-refractivity contribution is 0.0857. The van der Waals surface area contributed by atoms with E-state index in [2.05, 4.69) is 12.2 Å². The van der Waals surface area contributed by atoms with Gasteiger partial charge in [0, 0.05) is 5.88 Å². The molecule has 5 unspecified atom stereocenters. The van der Waals surface area contributed by atoms with Gasteiger partial charge in [-0.25, -0.2) is 0 Å². The van der Waals surface area contributed by atoms with Crippen LogP contribution in [0.4, 0.5) is 0 Å². The van der Waals surface area contributed by atoms with Crippen LogP contribution < -0.4 is 0 Å². The predicted molar refractivity (Wildman–Crippen MR) is 50.1 cm³/mol. The summed E-state index contributed by atoms with van der Waals surface area (Å²) in [7, 11) is 0. The maximum atomic E-state index is 9.58. The molecule has 2 aliphatic rings. The fourth-order valence-electron chi connectivity index (χ4n) is 2.90. The van der Waals surface area contributed by atoms with E-state index in [1.54, 1.807) is 0 Å². The van der Waals surface area contributed by atoms with Crippen molar-refractivity contribution in [3.63, 3.8) is 0 Å². The van der Waals surface area contributed by atoms with Gasteiger partial charge in [-0.15, -0.1) is 11.6 Å². The lowest BCUT2D eigenvalue weighted by Crippen LogP contribution is -2.30. The molecule has 0 radical (unpaired) electrons. The van der Waals surface area contributed by atoms with Crippen molar-refractivity contribution in [1.82, 2.24) is 0 Å². The molecule has 2 bridgehead atoms. The van der Waals surface area contributed by atoms with E-state index < -0.39 is 0 Å². The predicted octanol–water partition coefficient (Wildman–Crippen LogP) is 2.04. The monoisotopic (exact) mass is 186 g/mol. The van der Waals surface area contributed by atoms with Crippen molar-refractivity contribution in [1.29, 1.82) is 0 Å². The number of rotatable bonds is 2. The lowest BCUT2D eigenvalue weighted by atomic mass is 9.81. The molecule has 1 nitrogen and oxygen atoms in total. The van der Waals surface area contributed by atoms with Crippen LogP contribution in [0.1, 0.15) is 13.3 Å². The lowest BCUT2D eigenvalue weighted by Gasteiger charge is -2.28. The molecule has 0 heterocycles. The van der Waals surface area contributed by atoms with Crippen molar-refractivity contribution in [3.8, 4) is 0 Å². The number of aliphatic hydroxyl groups is 1. The van der Waals surface area contributed by atoms with E-state index in [0.29, 0.717) is 29.6 Å². The fourth-order valence-corrected chi connectivity index (χ4v) is 3.33. The summed E-state index contributed by atoms with van der Waals surface area (Å²) in [5.41, 5.74) is 0. The van der Waals surface area contributed by atoms with Gasteiger partial charge in [0.15, 0.2) is 0 Å². The second-order valence-electron chi connectivity index (χ2n) is 4.08. The third-order valence-corrected chi connectivity index (χ3v) is 3.78. The Bertz CT molecular complexity index is 200. The van der Waals surface area contributed by atoms with E-state index in [1.165, 1.54) is 6.42 Å². The van der Waals surface area contributed by atoms with Crippen molar-refractivity contribution in [2.75, 3.05) is 5.88 Å². The number of allylic oxidation sites excluding steroid dienone is 2. The van der Waals surface area contributed by atoms with Gasteiger partial charge in [0.2, 0.25) is 0 Å². The largest absolute Gasteiger partial charge is 0.393 e. The third-order valence-electron chi connectivity index (χ3n) is 3.42. The molecular weight excluding hydrogens is 172 g/mol. The average molecular weight is 187 g/mol. The molecule has 1 N–H and O–H groups in total. The molecule has 2 aliphatic carbocycles. The van der Waals surface area contributed by atoms with Crippen LogP contribution in [-0.2, 0) is 0 Å². The van der Waals surface area contributed by atoms with Crippen LogP contribution in [0.15, 0.2) is 12.2 Å². The minimum absolute atomic E-state index is 0.200. The summed E-state index contributed by atoms with van der Waals surface area (Å²) in [6.07, 6.45) is 5.54. The van der Waals surface area contributed by atoms with Gasteiger partial charge in [-0.2, -0.15) is 0 Å². The number of hydrogen-bond donors (Lipinski definition) is 1. The Hall–Kier alpha value is -0.0100. The fraction of sp³-hybridized carbons (Fsp3) is 0.800. The number of hydrogen-bond acceptors (Lipinski definition) is 1. The van der Waals surface area contributed by atoms with E-state index in [0.717, 1.165) is 0 Å². The zero-order valence-electron chi connectivity index (χ0n) is 7.28. The SMILES string of the molecule is CC(O)C1C2C=CC(C2)C1CCl.